The second-order valence-electron chi connectivity index (χ2n) is 8.56. The second kappa shape index (κ2) is 9.94. The number of hydrogen-bond donors (Lipinski definition) is 2. The van der Waals surface area contributed by atoms with Crippen LogP contribution in [0.1, 0.15) is 36.2 Å². The molecule has 1 aromatic heterocycles. The number of rotatable bonds is 6. The molecule has 1 aliphatic heterocycles. The summed E-state index contributed by atoms with van der Waals surface area (Å²) in [5, 5.41) is -0.0911. The number of benzene rings is 2. The van der Waals surface area contributed by atoms with Crippen LogP contribution in [0.4, 0.5) is 20.2 Å². The van der Waals surface area contributed by atoms with Gasteiger partial charge in [0.25, 0.3) is 0 Å². The number of hydrogen-bond acceptors (Lipinski definition) is 8. The van der Waals surface area contributed by atoms with Crippen molar-refractivity contribution in [2.45, 2.75) is 32.9 Å². The van der Waals surface area contributed by atoms with Crippen LogP contribution in [-0.4, -0.2) is 42.2 Å². The highest BCUT2D eigenvalue weighted by Gasteiger charge is 2.25. The molecule has 1 atom stereocenters. The highest BCUT2D eigenvalue weighted by molar-refractivity contribution is 5.95. The van der Waals surface area contributed by atoms with Gasteiger partial charge in [0.1, 0.15) is 23.8 Å². The van der Waals surface area contributed by atoms with E-state index in [1.54, 1.807) is 11.8 Å². The lowest BCUT2D eigenvalue weighted by Gasteiger charge is -2.22. The lowest BCUT2D eigenvalue weighted by atomic mass is 10.1. The van der Waals surface area contributed by atoms with Crippen LogP contribution >= 0.6 is 0 Å². The summed E-state index contributed by atoms with van der Waals surface area (Å²) in [6.07, 6.45) is 1.91. The fraction of sp³-hybridized carbons (Fsp3) is 0.320. The van der Waals surface area contributed by atoms with E-state index < -0.39 is 29.0 Å². The summed E-state index contributed by atoms with van der Waals surface area (Å²) in [6.45, 7) is 3.45. The Morgan fingerprint density at radius 3 is 2.50 bits per heavy atom. The highest BCUT2D eigenvalue weighted by atomic mass is 19.1. The molecule has 11 heteroatoms. The standard InChI is InChI=1S/C25H26F2N4O5/c1-3-35-25(34)17-11-31(21-8-20(29)18(26)6-14(21)12-36-13(2)32)22-9-23(30-5-4-15(28)10-30)19(27)7-16(22)24(17)33/h6-9,11,15H,3-5,10,12,28-29H2,1-2H3/t15-/m0/s1. The van der Waals surface area contributed by atoms with Crippen molar-refractivity contribution in [3.63, 3.8) is 0 Å². The third kappa shape index (κ3) is 4.74. The summed E-state index contributed by atoms with van der Waals surface area (Å²) in [5.74, 6) is -2.88. The number of ether oxygens (including phenoxy) is 2. The van der Waals surface area contributed by atoms with Gasteiger partial charge in [-0.05, 0) is 37.6 Å². The summed E-state index contributed by atoms with van der Waals surface area (Å²) in [7, 11) is 0. The van der Waals surface area contributed by atoms with Gasteiger partial charge in [-0.15, -0.1) is 0 Å². The van der Waals surface area contributed by atoms with Crippen molar-refractivity contribution in [3.8, 4) is 5.69 Å². The number of nitrogen functional groups attached to an aromatic ring is 1. The lowest BCUT2D eigenvalue weighted by Crippen LogP contribution is -2.27. The first-order chi connectivity index (χ1) is 17.1. The number of esters is 2. The molecule has 0 bridgehead atoms. The SMILES string of the molecule is CCOC(=O)c1cn(-c2cc(N)c(F)cc2COC(C)=O)c2cc(N3CC[C@H](N)C3)c(F)cc2c1=O. The Labute approximate surface area is 205 Å². The maximum Gasteiger partial charge on any atom is 0.343 e. The Morgan fingerprint density at radius 1 is 1.11 bits per heavy atom. The molecule has 3 aromatic rings. The Morgan fingerprint density at radius 2 is 1.86 bits per heavy atom. The summed E-state index contributed by atoms with van der Waals surface area (Å²) >= 11 is 0. The van der Waals surface area contributed by atoms with Crippen LogP contribution in [0.3, 0.4) is 0 Å². The van der Waals surface area contributed by atoms with Crippen LogP contribution in [0.2, 0.25) is 0 Å². The van der Waals surface area contributed by atoms with E-state index in [2.05, 4.69) is 0 Å². The van der Waals surface area contributed by atoms with Crippen molar-refractivity contribution >= 4 is 34.2 Å². The van der Waals surface area contributed by atoms with Crippen molar-refractivity contribution in [3.05, 3.63) is 63.4 Å². The van der Waals surface area contributed by atoms with E-state index in [4.69, 9.17) is 20.9 Å². The van der Waals surface area contributed by atoms with Gasteiger partial charge in [-0.3, -0.25) is 9.59 Å². The maximum absolute atomic E-state index is 15.2. The zero-order valence-corrected chi connectivity index (χ0v) is 19.8. The number of halogens is 2. The predicted octanol–water partition coefficient (Wildman–Crippen LogP) is 2.63. The number of pyridine rings is 1. The van der Waals surface area contributed by atoms with Gasteiger partial charge < -0.3 is 30.4 Å². The van der Waals surface area contributed by atoms with E-state index in [1.165, 1.54) is 29.8 Å². The molecule has 2 aromatic carbocycles. The Hall–Kier alpha value is -3.99. The zero-order valence-electron chi connectivity index (χ0n) is 19.8. The normalized spacial score (nSPS) is 15.4. The lowest BCUT2D eigenvalue weighted by molar-refractivity contribution is -0.142. The number of carbonyl (C=O) groups excluding carboxylic acids is 2. The van der Waals surface area contributed by atoms with Crippen LogP contribution in [0, 0.1) is 11.6 Å². The molecule has 4 N–H and O–H groups in total. The van der Waals surface area contributed by atoms with Crippen LogP contribution in [0.15, 0.2) is 35.3 Å². The summed E-state index contributed by atoms with van der Waals surface area (Å²) in [6, 6.07) is 4.82. The first kappa shape index (κ1) is 25.1. The molecule has 36 heavy (non-hydrogen) atoms. The van der Waals surface area contributed by atoms with Gasteiger partial charge in [0, 0.05) is 43.2 Å². The smallest absolute Gasteiger partial charge is 0.343 e. The van der Waals surface area contributed by atoms with Crippen molar-refractivity contribution in [1.29, 1.82) is 0 Å². The number of fused-ring (bicyclic) bond motifs is 1. The van der Waals surface area contributed by atoms with Gasteiger partial charge in [0.05, 0.1) is 29.2 Å². The molecule has 0 saturated carbocycles. The molecule has 4 rings (SSSR count). The molecule has 1 saturated heterocycles. The molecule has 2 heterocycles. The third-order valence-corrected chi connectivity index (χ3v) is 6.02. The van der Waals surface area contributed by atoms with Gasteiger partial charge in [0.15, 0.2) is 0 Å². The second-order valence-corrected chi connectivity index (χ2v) is 8.56. The van der Waals surface area contributed by atoms with Crippen LogP contribution in [0.5, 0.6) is 0 Å². The van der Waals surface area contributed by atoms with E-state index >= 15 is 4.39 Å². The molecule has 0 amide bonds. The molecule has 9 nitrogen and oxygen atoms in total. The summed E-state index contributed by atoms with van der Waals surface area (Å²) in [4.78, 5) is 39.0. The van der Waals surface area contributed by atoms with Crippen molar-refractivity contribution in [1.82, 2.24) is 4.57 Å². The minimum atomic E-state index is -0.898. The number of anilines is 2. The molecule has 1 fully saturated rings. The minimum absolute atomic E-state index is 0.0139. The van der Waals surface area contributed by atoms with Gasteiger partial charge in [-0.2, -0.15) is 0 Å². The van der Waals surface area contributed by atoms with E-state index in [9.17, 15) is 18.8 Å². The fourth-order valence-corrected chi connectivity index (χ4v) is 4.27. The predicted molar refractivity (Wildman–Crippen MR) is 130 cm³/mol. The quantitative estimate of drug-likeness (QED) is 0.390. The Kier molecular flexibility index (Phi) is 6.93. The molecule has 0 spiro atoms. The topological polar surface area (TPSA) is 130 Å². The molecule has 0 unspecified atom stereocenters. The fourth-order valence-electron chi connectivity index (χ4n) is 4.27. The monoisotopic (exact) mass is 500 g/mol. The Balaban J connectivity index is 2.04. The number of nitrogens with two attached hydrogens (primary N) is 2. The minimum Gasteiger partial charge on any atom is -0.462 e. The zero-order chi connectivity index (χ0) is 26.1. The van der Waals surface area contributed by atoms with Crippen molar-refractivity contribution < 1.29 is 27.8 Å². The van der Waals surface area contributed by atoms with Gasteiger partial charge >= 0.3 is 11.9 Å². The van der Waals surface area contributed by atoms with Crippen LogP contribution in [-0.2, 0) is 20.9 Å². The first-order valence-electron chi connectivity index (χ1n) is 11.4. The van der Waals surface area contributed by atoms with E-state index in [0.29, 0.717) is 19.5 Å². The van der Waals surface area contributed by atoms with E-state index in [-0.39, 0.29) is 58.3 Å². The van der Waals surface area contributed by atoms with Crippen molar-refractivity contribution in [2.75, 3.05) is 30.3 Å². The molecule has 1 aliphatic rings. The highest BCUT2D eigenvalue weighted by Crippen LogP contribution is 2.31. The molecular formula is C25H26F2N4O5. The summed E-state index contributed by atoms with van der Waals surface area (Å²) < 4.78 is 41.1. The molecule has 190 valence electrons. The maximum atomic E-state index is 15.2. The molecular weight excluding hydrogens is 474 g/mol. The van der Waals surface area contributed by atoms with E-state index in [1.807, 2.05) is 0 Å². The van der Waals surface area contributed by atoms with Gasteiger partial charge in [0.2, 0.25) is 5.43 Å². The van der Waals surface area contributed by atoms with Crippen molar-refractivity contribution in [2.24, 2.45) is 5.73 Å². The van der Waals surface area contributed by atoms with Crippen LogP contribution in [0.25, 0.3) is 16.6 Å². The third-order valence-electron chi connectivity index (χ3n) is 6.02. The molecule has 0 radical (unpaired) electrons. The van der Waals surface area contributed by atoms with Gasteiger partial charge in [-0.1, -0.05) is 0 Å². The average Bonchev–Trinajstić information content (AvgIpc) is 3.26. The molecule has 0 aliphatic carbocycles. The average molecular weight is 501 g/mol. The summed E-state index contributed by atoms with van der Waals surface area (Å²) in [5.41, 5.74) is 11.5. The largest absolute Gasteiger partial charge is 0.462 e. The van der Waals surface area contributed by atoms with Gasteiger partial charge in [-0.25, -0.2) is 13.6 Å². The number of aromatic nitrogens is 1. The Bertz CT molecular complexity index is 1420. The number of nitrogens with zero attached hydrogens (tertiary/aromatic N) is 2. The number of carbonyl (C=O) groups is 2. The van der Waals surface area contributed by atoms with Crippen LogP contribution < -0.4 is 21.8 Å². The first-order valence-corrected chi connectivity index (χ1v) is 11.4. The van der Waals surface area contributed by atoms with E-state index in [0.717, 1.165) is 12.1 Å².